The Morgan fingerprint density at radius 3 is 2.74 bits per heavy atom. The summed E-state index contributed by atoms with van der Waals surface area (Å²) >= 11 is 1.55. The monoisotopic (exact) mass is 277 g/mol. The molecular weight excluding hydrogens is 262 g/mol. The van der Waals surface area contributed by atoms with Gasteiger partial charge in [-0.25, -0.2) is 4.98 Å². The molecule has 0 aliphatic rings. The summed E-state index contributed by atoms with van der Waals surface area (Å²) in [6, 6.07) is 5.06. The summed E-state index contributed by atoms with van der Waals surface area (Å²) in [7, 11) is 0. The van der Waals surface area contributed by atoms with E-state index in [1.807, 2.05) is 20.8 Å². The summed E-state index contributed by atoms with van der Waals surface area (Å²) in [5.41, 5.74) is 4.37. The third kappa shape index (κ3) is 2.90. The van der Waals surface area contributed by atoms with Crippen LogP contribution in [0.1, 0.15) is 29.1 Å². The summed E-state index contributed by atoms with van der Waals surface area (Å²) in [6.45, 7) is 5.83. The molecule has 2 aromatic rings. The van der Waals surface area contributed by atoms with Gasteiger partial charge in [-0.1, -0.05) is 6.07 Å². The third-order valence-corrected chi connectivity index (χ3v) is 4.01. The van der Waals surface area contributed by atoms with E-state index in [2.05, 4.69) is 10.3 Å². The first-order chi connectivity index (χ1) is 8.99. The summed E-state index contributed by atoms with van der Waals surface area (Å²) in [4.78, 5) is 15.9. The Labute approximate surface area is 115 Å². The van der Waals surface area contributed by atoms with E-state index in [1.54, 1.807) is 29.0 Å². The second-order valence-electron chi connectivity index (χ2n) is 4.45. The van der Waals surface area contributed by atoms with Crippen LogP contribution in [0.5, 0.6) is 0 Å². The zero-order valence-electron chi connectivity index (χ0n) is 11.0. The van der Waals surface area contributed by atoms with Crippen LogP contribution in [-0.2, 0) is 0 Å². The van der Waals surface area contributed by atoms with Crippen molar-refractivity contribution in [1.82, 2.24) is 4.98 Å². The number of hydrogen-bond acceptors (Lipinski definition) is 5. The molecule has 1 aromatic heterocycles. The van der Waals surface area contributed by atoms with E-state index in [9.17, 15) is 10.1 Å². The van der Waals surface area contributed by atoms with Crippen molar-refractivity contribution in [1.29, 1.82) is 0 Å². The van der Waals surface area contributed by atoms with Gasteiger partial charge in [0.2, 0.25) is 0 Å². The maximum absolute atomic E-state index is 11.0. The number of thiazole rings is 1. The topological polar surface area (TPSA) is 68.1 Å². The number of benzene rings is 1. The zero-order valence-corrected chi connectivity index (χ0v) is 11.8. The molecule has 0 amide bonds. The fourth-order valence-electron chi connectivity index (χ4n) is 1.95. The predicted molar refractivity (Wildman–Crippen MR) is 76.7 cm³/mol. The summed E-state index contributed by atoms with van der Waals surface area (Å²) < 4.78 is 0. The van der Waals surface area contributed by atoms with E-state index in [0.29, 0.717) is 5.69 Å². The quantitative estimate of drug-likeness (QED) is 0.681. The predicted octanol–water partition coefficient (Wildman–Crippen LogP) is 3.84. The fraction of sp³-hybridized carbons (Fsp3) is 0.308. The normalized spacial score (nSPS) is 12.2. The molecule has 1 aromatic carbocycles. The Kier molecular flexibility index (Phi) is 3.80. The SMILES string of the molecule is Cc1ccc([N+](=O)[O-])c(NC(C)c2scnc2C)c1. The van der Waals surface area contributed by atoms with Crippen molar-refractivity contribution in [2.24, 2.45) is 0 Å². The van der Waals surface area contributed by atoms with Crippen LogP contribution >= 0.6 is 11.3 Å². The molecule has 1 unspecified atom stereocenters. The minimum atomic E-state index is -0.367. The highest BCUT2D eigenvalue weighted by atomic mass is 32.1. The minimum absolute atomic E-state index is 0.00648. The third-order valence-electron chi connectivity index (χ3n) is 2.90. The molecule has 0 radical (unpaired) electrons. The molecule has 0 fully saturated rings. The van der Waals surface area contributed by atoms with Gasteiger partial charge in [-0.3, -0.25) is 10.1 Å². The molecular formula is C13H15N3O2S. The lowest BCUT2D eigenvalue weighted by atomic mass is 10.1. The van der Waals surface area contributed by atoms with Crippen molar-refractivity contribution in [3.63, 3.8) is 0 Å². The number of aromatic nitrogens is 1. The van der Waals surface area contributed by atoms with E-state index < -0.39 is 0 Å². The Bertz CT molecular complexity index is 610. The van der Waals surface area contributed by atoms with Gasteiger partial charge in [0.05, 0.1) is 22.2 Å². The van der Waals surface area contributed by atoms with Gasteiger partial charge in [0.25, 0.3) is 5.69 Å². The maximum atomic E-state index is 11.0. The molecule has 6 heteroatoms. The van der Waals surface area contributed by atoms with Crippen molar-refractivity contribution in [3.05, 3.63) is 50.0 Å². The van der Waals surface area contributed by atoms with Gasteiger partial charge in [0.15, 0.2) is 0 Å². The van der Waals surface area contributed by atoms with E-state index in [1.165, 1.54) is 6.07 Å². The van der Waals surface area contributed by atoms with Crippen molar-refractivity contribution in [2.45, 2.75) is 26.8 Å². The van der Waals surface area contributed by atoms with Crippen molar-refractivity contribution >= 4 is 22.7 Å². The Morgan fingerprint density at radius 1 is 1.42 bits per heavy atom. The van der Waals surface area contributed by atoms with Crippen LogP contribution in [0.2, 0.25) is 0 Å². The average molecular weight is 277 g/mol. The van der Waals surface area contributed by atoms with Crippen molar-refractivity contribution in [2.75, 3.05) is 5.32 Å². The van der Waals surface area contributed by atoms with Gasteiger partial charge in [-0.15, -0.1) is 11.3 Å². The second-order valence-corrected chi connectivity index (χ2v) is 5.33. The van der Waals surface area contributed by atoms with E-state index >= 15 is 0 Å². The highest BCUT2D eigenvalue weighted by Crippen LogP contribution is 2.31. The lowest BCUT2D eigenvalue weighted by Crippen LogP contribution is -2.08. The first kappa shape index (κ1) is 13.5. The van der Waals surface area contributed by atoms with Crippen LogP contribution in [0, 0.1) is 24.0 Å². The van der Waals surface area contributed by atoms with Gasteiger partial charge in [0, 0.05) is 10.9 Å². The van der Waals surface area contributed by atoms with Gasteiger partial charge >= 0.3 is 0 Å². The molecule has 0 aliphatic carbocycles. The zero-order chi connectivity index (χ0) is 14.0. The summed E-state index contributed by atoms with van der Waals surface area (Å²) in [5, 5.41) is 14.2. The number of hydrogen-bond donors (Lipinski definition) is 1. The molecule has 19 heavy (non-hydrogen) atoms. The maximum Gasteiger partial charge on any atom is 0.292 e. The van der Waals surface area contributed by atoms with Crippen LogP contribution in [-0.4, -0.2) is 9.91 Å². The number of nitro benzene ring substituents is 1. The smallest absolute Gasteiger partial charge is 0.292 e. The van der Waals surface area contributed by atoms with Crippen molar-refractivity contribution in [3.8, 4) is 0 Å². The first-order valence-electron chi connectivity index (χ1n) is 5.90. The molecule has 0 aliphatic heterocycles. The minimum Gasteiger partial charge on any atom is -0.372 e. The second kappa shape index (κ2) is 5.36. The highest BCUT2D eigenvalue weighted by molar-refractivity contribution is 7.09. The molecule has 5 nitrogen and oxygen atoms in total. The van der Waals surface area contributed by atoms with Gasteiger partial charge < -0.3 is 5.32 Å². The van der Waals surface area contributed by atoms with Gasteiger partial charge in [-0.05, 0) is 32.4 Å². The molecule has 1 atom stereocenters. The van der Waals surface area contributed by atoms with E-state index in [4.69, 9.17) is 0 Å². The fourth-order valence-corrected chi connectivity index (χ4v) is 2.76. The molecule has 100 valence electrons. The van der Waals surface area contributed by atoms with Gasteiger partial charge in [0.1, 0.15) is 5.69 Å². The molecule has 1 heterocycles. The van der Waals surface area contributed by atoms with Gasteiger partial charge in [-0.2, -0.15) is 0 Å². The lowest BCUT2D eigenvalue weighted by Gasteiger charge is -2.15. The number of nitro groups is 1. The van der Waals surface area contributed by atoms with Crippen LogP contribution < -0.4 is 5.32 Å². The Hall–Kier alpha value is -1.95. The number of nitrogens with one attached hydrogen (secondary N) is 1. The summed E-state index contributed by atoms with van der Waals surface area (Å²) in [6.07, 6.45) is 0. The number of aryl methyl sites for hydroxylation is 2. The van der Waals surface area contributed by atoms with E-state index in [-0.39, 0.29) is 16.7 Å². The van der Waals surface area contributed by atoms with Crippen molar-refractivity contribution < 1.29 is 4.92 Å². The molecule has 0 bridgehead atoms. The highest BCUT2D eigenvalue weighted by Gasteiger charge is 2.17. The van der Waals surface area contributed by atoms with E-state index in [0.717, 1.165) is 16.1 Å². The Balaban J connectivity index is 2.30. The standard InChI is InChI=1S/C13H15N3O2S/c1-8-4-5-12(16(17)18)11(6-8)15-10(3)13-9(2)14-7-19-13/h4-7,10,15H,1-3H3. The lowest BCUT2D eigenvalue weighted by molar-refractivity contribution is -0.384. The van der Waals surface area contributed by atoms with Crippen LogP contribution in [0.25, 0.3) is 0 Å². The summed E-state index contributed by atoms with van der Waals surface area (Å²) in [5.74, 6) is 0. The molecule has 0 saturated heterocycles. The first-order valence-corrected chi connectivity index (χ1v) is 6.78. The molecule has 0 spiro atoms. The van der Waals surface area contributed by atoms with Crippen LogP contribution in [0.3, 0.4) is 0 Å². The van der Waals surface area contributed by atoms with Crippen LogP contribution in [0.15, 0.2) is 23.7 Å². The van der Waals surface area contributed by atoms with Crippen LogP contribution in [0.4, 0.5) is 11.4 Å². The Morgan fingerprint density at radius 2 is 2.16 bits per heavy atom. The average Bonchev–Trinajstić information content (AvgIpc) is 2.75. The molecule has 1 N–H and O–H groups in total. The number of rotatable bonds is 4. The molecule has 0 saturated carbocycles. The number of nitrogens with zero attached hydrogens (tertiary/aromatic N) is 2. The largest absolute Gasteiger partial charge is 0.372 e. The molecule has 2 rings (SSSR count). The number of anilines is 1.